The van der Waals surface area contributed by atoms with Crippen molar-refractivity contribution >= 4 is 0 Å². The lowest BCUT2D eigenvalue weighted by atomic mass is 9.98. The lowest BCUT2D eigenvalue weighted by Crippen LogP contribution is -2.67. The van der Waals surface area contributed by atoms with E-state index >= 15 is 0 Å². The van der Waals surface area contributed by atoms with Crippen molar-refractivity contribution in [2.45, 2.75) is 107 Å². The average molecular weight is 667 g/mol. The van der Waals surface area contributed by atoms with Gasteiger partial charge in [0, 0.05) is 24.6 Å². The molecule has 1 aromatic carbocycles. The molecule has 45 heavy (non-hydrogen) atoms. The smallest absolute Gasteiger partial charge is 0.460 e. The van der Waals surface area contributed by atoms with Crippen molar-refractivity contribution in [1.82, 2.24) is 9.97 Å². The average Bonchev–Trinajstić information content (AvgIpc) is 2.97. The fourth-order valence-corrected chi connectivity index (χ4v) is 4.21. The highest BCUT2D eigenvalue weighted by molar-refractivity contribution is 5.57. The molecule has 2 aromatic rings. The van der Waals surface area contributed by atoms with Crippen molar-refractivity contribution in [1.29, 1.82) is 0 Å². The molecule has 0 bridgehead atoms. The molecule has 256 valence electrons. The third-order valence-electron chi connectivity index (χ3n) is 6.96. The maximum Gasteiger partial charge on any atom is 0.460 e. The quantitative estimate of drug-likeness (QED) is 0.0983. The number of hydrogen-bond donors (Lipinski definition) is 0. The van der Waals surface area contributed by atoms with E-state index in [0.717, 1.165) is 24.0 Å². The van der Waals surface area contributed by atoms with Crippen LogP contribution >= 0.6 is 0 Å². The molecular formula is C30H37F11N2O2. The predicted octanol–water partition coefficient (Wildman–Crippen LogP) is 10.1. The molecule has 0 fully saturated rings. The summed E-state index contributed by atoms with van der Waals surface area (Å²) in [5, 5.41) is 0. The van der Waals surface area contributed by atoms with Crippen LogP contribution in [0, 0.1) is 0 Å². The summed E-state index contributed by atoms with van der Waals surface area (Å²) in [7, 11) is 0. The highest BCUT2D eigenvalue weighted by Gasteiger charge is 2.87. The van der Waals surface area contributed by atoms with Gasteiger partial charge in [-0.3, -0.25) is 0 Å². The first-order valence-electron chi connectivity index (χ1n) is 14.7. The van der Waals surface area contributed by atoms with Gasteiger partial charge in [-0.05, 0) is 49.8 Å². The molecule has 0 aliphatic rings. The summed E-state index contributed by atoms with van der Waals surface area (Å²) in [6.07, 6.45) is 5.78. The number of aryl methyl sites for hydroxylation is 1. The Labute approximate surface area is 254 Å². The molecule has 0 radical (unpaired) electrons. The Kier molecular flexibility index (Phi) is 14.3. The van der Waals surface area contributed by atoms with Crippen molar-refractivity contribution < 1.29 is 57.8 Å². The number of ether oxygens (including phenoxy) is 2. The zero-order valence-electron chi connectivity index (χ0n) is 24.7. The summed E-state index contributed by atoms with van der Waals surface area (Å²) in [5.74, 6) is -26.8. The molecule has 0 saturated carbocycles. The molecule has 1 aromatic heterocycles. The van der Waals surface area contributed by atoms with Crippen LogP contribution in [0.3, 0.4) is 0 Å². The van der Waals surface area contributed by atoms with E-state index < -0.39 is 43.1 Å². The van der Waals surface area contributed by atoms with Crippen molar-refractivity contribution in [2.75, 3.05) is 19.8 Å². The number of alkyl halides is 11. The van der Waals surface area contributed by atoms with Crippen LogP contribution in [-0.2, 0) is 11.2 Å². The second kappa shape index (κ2) is 16.7. The molecular weight excluding hydrogens is 629 g/mol. The van der Waals surface area contributed by atoms with Crippen LogP contribution in [0.15, 0.2) is 36.7 Å². The standard InChI is InChI=1S/C30H37F11N2O2/c1-2-3-4-5-6-9-13-22-19-42-25(43-20-22)23-14-12-15-24(18-23)45-17-11-8-7-10-16-44-21-26(31,32)27(33,34)28(35,36)29(37,38)30(39,40)41/h12,14-15,18-20H,2-11,13,16-17,21H2,1H3. The van der Waals surface area contributed by atoms with Crippen molar-refractivity contribution in [3.8, 4) is 17.1 Å². The van der Waals surface area contributed by atoms with Gasteiger partial charge in [0.1, 0.15) is 12.4 Å². The normalized spacial score (nSPS) is 13.3. The number of hydrogen-bond acceptors (Lipinski definition) is 4. The fraction of sp³-hybridized carbons (Fsp3) is 0.667. The predicted molar refractivity (Wildman–Crippen MR) is 145 cm³/mol. The largest absolute Gasteiger partial charge is 0.494 e. The van der Waals surface area contributed by atoms with Gasteiger partial charge in [0.2, 0.25) is 0 Å². The monoisotopic (exact) mass is 666 g/mol. The van der Waals surface area contributed by atoms with Crippen molar-refractivity contribution in [2.24, 2.45) is 0 Å². The Balaban J connectivity index is 1.69. The molecule has 0 atom stereocenters. The van der Waals surface area contributed by atoms with E-state index in [1.54, 1.807) is 30.6 Å². The first-order chi connectivity index (χ1) is 21.0. The van der Waals surface area contributed by atoms with E-state index in [4.69, 9.17) is 4.74 Å². The highest BCUT2D eigenvalue weighted by Crippen LogP contribution is 2.57. The molecule has 0 spiro atoms. The van der Waals surface area contributed by atoms with Crippen molar-refractivity contribution in [3.05, 3.63) is 42.2 Å². The van der Waals surface area contributed by atoms with Gasteiger partial charge in [0.05, 0.1) is 6.61 Å². The highest BCUT2D eigenvalue weighted by atomic mass is 19.4. The molecule has 0 amide bonds. The summed E-state index contributed by atoms with van der Waals surface area (Å²) < 4.78 is 153. The SMILES string of the molecule is CCCCCCCCc1cnc(-c2cccc(OCCCCCCOCC(F)(F)C(F)(F)C(F)(F)C(F)(F)C(F)(F)F)c2)nc1. The van der Waals surface area contributed by atoms with E-state index in [1.807, 2.05) is 6.07 Å². The maximum atomic E-state index is 13.6. The molecule has 15 heteroatoms. The van der Waals surface area contributed by atoms with Gasteiger partial charge in [-0.15, -0.1) is 0 Å². The number of benzene rings is 1. The topological polar surface area (TPSA) is 44.2 Å². The summed E-state index contributed by atoms with van der Waals surface area (Å²) in [4.78, 5) is 8.88. The van der Waals surface area contributed by atoms with E-state index in [0.29, 0.717) is 30.8 Å². The summed E-state index contributed by atoms with van der Waals surface area (Å²) in [6.45, 7) is -0.685. The minimum absolute atomic E-state index is 0.00156. The molecule has 0 aliphatic heterocycles. The fourth-order valence-electron chi connectivity index (χ4n) is 4.21. The Hall–Kier alpha value is -2.71. The van der Waals surface area contributed by atoms with Gasteiger partial charge in [0.25, 0.3) is 0 Å². The molecule has 2 rings (SSSR count). The van der Waals surface area contributed by atoms with Crippen LogP contribution in [0.1, 0.15) is 76.7 Å². The van der Waals surface area contributed by atoms with Crippen LogP contribution in [0.4, 0.5) is 48.3 Å². The third-order valence-corrected chi connectivity index (χ3v) is 6.96. The second-order valence-electron chi connectivity index (χ2n) is 10.7. The summed E-state index contributed by atoms with van der Waals surface area (Å²) in [5.41, 5.74) is 1.81. The van der Waals surface area contributed by atoms with Crippen LogP contribution in [0.2, 0.25) is 0 Å². The van der Waals surface area contributed by atoms with Gasteiger partial charge >= 0.3 is 29.9 Å². The number of rotatable bonds is 21. The molecule has 1 heterocycles. The molecule has 0 unspecified atom stereocenters. The molecule has 0 aliphatic carbocycles. The van der Waals surface area contributed by atoms with Crippen LogP contribution in [0.25, 0.3) is 11.4 Å². The van der Waals surface area contributed by atoms with E-state index in [9.17, 15) is 48.3 Å². The Morgan fingerprint density at radius 3 is 1.84 bits per heavy atom. The second-order valence-corrected chi connectivity index (χ2v) is 10.7. The van der Waals surface area contributed by atoms with Gasteiger partial charge in [0.15, 0.2) is 5.82 Å². The van der Waals surface area contributed by atoms with E-state index in [-0.39, 0.29) is 13.0 Å². The zero-order valence-corrected chi connectivity index (χ0v) is 24.7. The maximum absolute atomic E-state index is 13.6. The van der Waals surface area contributed by atoms with Gasteiger partial charge < -0.3 is 9.47 Å². The molecule has 0 saturated heterocycles. The minimum atomic E-state index is -7.42. The van der Waals surface area contributed by atoms with E-state index in [1.165, 1.54) is 32.1 Å². The van der Waals surface area contributed by atoms with E-state index in [2.05, 4.69) is 21.6 Å². The lowest BCUT2D eigenvalue weighted by Gasteiger charge is -2.37. The Morgan fingerprint density at radius 1 is 0.644 bits per heavy atom. The van der Waals surface area contributed by atoms with Crippen LogP contribution in [0.5, 0.6) is 5.75 Å². The lowest BCUT2D eigenvalue weighted by molar-refractivity contribution is -0.424. The molecule has 4 nitrogen and oxygen atoms in total. The van der Waals surface area contributed by atoms with Crippen LogP contribution < -0.4 is 4.74 Å². The third kappa shape index (κ3) is 10.4. The Bertz CT molecular complexity index is 1140. The van der Waals surface area contributed by atoms with Crippen LogP contribution in [-0.4, -0.2) is 59.7 Å². The number of halogens is 11. The zero-order chi connectivity index (χ0) is 33.8. The first-order valence-corrected chi connectivity index (χ1v) is 14.7. The number of unbranched alkanes of at least 4 members (excludes halogenated alkanes) is 8. The van der Waals surface area contributed by atoms with Gasteiger partial charge in [-0.2, -0.15) is 48.3 Å². The number of nitrogens with zero attached hydrogens (tertiary/aromatic N) is 2. The van der Waals surface area contributed by atoms with Gasteiger partial charge in [-0.25, -0.2) is 9.97 Å². The number of aromatic nitrogens is 2. The van der Waals surface area contributed by atoms with Crippen molar-refractivity contribution in [3.63, 3.8) is 0 Å². The Morgan fingerprint density at radius 2 is 1.22 bits per heavy atom. The summed E-state index contributed by atoms with van der Waals surface area (Å²) in [6, 6.07) is 7.10. The first kappa shape index (κ1) is 38.5. The molecule has 0 N–H and O–H groups in total. The summed E-state index contributed by atoms with van der Waals surface area (Å²) >= 11 is 0. The van der Waals surface area contributed by atoms with Gasteiger partial charge in [-0.1, -0.05) is 57.6 Å². The minimum Gasteiger partial charge on any atom is -0.494 e.